The standard InChI is InChI=1S/C19H38O.H3N/c1-3-4-5-6-7-8-9-10-11-12-13-14-15-16-17-18-19(2)20;/h3-18H2,1-2H3;1H3. The highest BCUT2D eigenvalue weighted by Crippen LogP contribution is 2.13. The Morgan fingerprint density at radius 3 is 1.14 bits per heavy atom. The zero-order valence-electron chi connectivity index (χ0n) is 14.9. The molecule has 0 aliphatic heterocycles. The van der Waals surface area contributed by atoms with Crippen LogP contribution in [-0.4, -0.2) is 5.78 Å². The Morgan fingerprint density at radius 2 is 0.857 bits per heavy atom. The van der Waals surface area contributed by atoms with Crippen LogP contribution in [0, 0.1) is 0 Å². The fourth-order valence-electron chi connectivity index (χ4n) is 2.75. The maximum absolute atomic E-state index is 10.8. The Bertz CT molecular complexity index is 204. The molecule has 2 heteroatoms. The SMILES string of the molecule is CCCCCCCCCCCCCCCCCC(C)=O.N. The van der Waals surface area contributed by atoms with Gasteiger partial charge in [0, 0.05) is 6.42 Å². The molecule has 0 bridgehead atoms. The fourth-order valence-corrected chi connectivity index (χ4v) is 2.75. The van der Waals surface area contributed by atoms with Crippen molar-refractivity contribution in [1.82, 2.24) is 6.15 Å². The summed E-state index contributed by atoms with van der Waals surface area (Å²) < 4.78 is 0. The molecule has 3 N–H and O–H groups in total. The third kappa shape index (κ3) is 22.1. The summed E-state index contributed by atoms with van der Waals surface area (Å²) in [6, 6.07) is 0. The highest BCUT2D eigenvalue weighted by Gasteiger charge is 1.95. The third-order valence-corrected chi connectivity index (χ3v) is 4.13. The van der Waals surface area contributed by atoms with Crippen LogP contribution in [0.5, 0.6) is 0 Å². The van der Waals surface area contributed by atoms with Crippen molar-refractivity contribution in [2.24, 2.45) is 0 Å². The van der Waals surface area contributed by atoms with E-state index in [2.05, 4.69) is 6.92 Å². The average molecular weight is 300 g/mol. The molecule has 0 saturated carbocycles. The van der Waals surface area contributed by atoms with Crippen LogP contribution in [0.1, 0.15) is 117 Å². The zero-order valence-corrected chi connectivity index (χ0v) is 14.9. The highest BCUT2D eigenvalue weighted by atomic mass is 16.1. The van der Waals surface area contributed by atoms with E-state index in [-0.39, 0.29) is 6.15 Å². The molecule has 0 aromatic carbocycles. The lowest BCUT2D eigenvalue weighted by molar-refractivity contribution is -0.117. The fraction of sp³-hybridized carbons (Fsp3) is 0.947. The summed E-state index contributed by atoms with van der Waals surface area (Å²) in [5.41, 5.74) is 0. The third-order valence-electron chi connectivity index (χ3n) is 4.13. The van der Waals surface area contributed by atoms with E-state index in [1.807, 2.05) is 0 Å². The molecule has 0 amide bonds. The van der Waals surface area contributed by atoms with Gasteiger partial charge < -0.3 is 10.9 Å². The predicted octanol–water partition coefficient (Wildman–Crippen LogP) is 7.00. The molecule has 2 nitrogen and oxygen atoms in total. The summed E-state index contributed by atoms with van der Waals surface area (Å²) in [4.78, 5) is 10.8. The number of Topliss-reactive ketones (excluding diaryl/α,β-unsaturated/α-hetero) is 1. The van der Waals surface area contributed by atoms with Crippen molar-refractivity contribution >= 4 is 5.78 Å². The first kappa shape index (κ1) is 22.9. The highest BCUT2D eigenvalue weighted by molar-refractivity contribution is 5.75. The summed E-state index contributed by atoms with van der Waals surface area (Å²) in [6.07, 6.45) is 21.6. The number of unbranched alkanes of at least 4 members (excludes halogenated alkanes) is 14. The van der Waals surface area contributed by atoms with E-state index in [1.165, 1.54) is 89.9 Å². The molecule has 0 fully saturated rings. The van der Waals surface area contributed by atoms with E-state index in [9.17, 15) is 4.79 Å². The van der Waals surface area contributed by atoms with E-state index in [1.54, 1.807) is 6.92 Å². The van der Waals surface area contributed by atoms with Crippen molar-refractivity contribution in [2.45, 2.75) is 117 Å². The molecule has 0 aliphatic rings. The van der Waals surface area contributed by atoms with Gasteiger partial charge in [-0.3, -0.25) is 0 Å². The molecule has 0 saturated heterocycles. The van der Waals surface area contributed by atoms with E-state index < -0.39 is 0 Å². The summed E-state index contributed by atoms with van der Waals surface area (Å²) in [5, 5.41) is 0. The molecule has 0 atom stereocenters. The van der Waals surface area contributed by atoms with Gasteiger partial charge in [-0.1, -0.05) is 96.8 Å². The van der Waals surface area contributed by atoms with Crippen LogP contribution in [0.3, 0.4) is 0 Å². The van der Waals surface area contributed by atoms with Crippen LogP contribution >= 0.6 is 0 Å². The van der Waals surface area contributed by atoms with Gasteiger partial charge in [-0.25, -0.2) is 0 Å². The van der Waals surface area contributed by atoms with E-state index >= 15 is 0 Å². The smallest absolute Gasteiger partial charge is 0.129 e. The van der Waals surface area contributed by atoms with Gasteiger partial charge in [0.1, 0.15) is 5.78 Å². The Hall–Kier alpha value is -0.370. The van der Waals surface area contributed by atoms with Crippen molar-refractivity contribution in [1.29, 1.82) is 0 Å². The number of carbonyl (C=O) groups is 1. The molecular formula is C19H41NO. The van der Waals surface area contributed by atoms with Crippen LogP contribution in [0.25, 0.3) is 0 Å². The lowest BCUT2D eigenvalue weighted by Gasteiger charge is -2.03. The first-order valence-electron chi connectivity index (χ1n) is 9.26. The minimum Gasteiger partial charge on any atom is -0.344 e. The van der Waals surface area contributed by atoms with Crippen molar-refractivity contribution in [2.75, 3.05) is 0 Å². The molecule has 0 radical (unpaired) electrons. The van der Waals surface area contributed by atoms with Gasteiger partial charge in [0.05, 0.1) is 0 Å². The van der Waals surface area contributed by atoms with Crippen LogP contribution in [-0.2, 0) is 4.79 Å². The van der Waals surface area contributed by atoms with E-state index in [0.717, 1.165) is 12.8 Å². The number of hydrogen-bond acceptors (Lipinski definition) is 2. The molecular weight excluding hydrogens is 258 g/mol. The van der Waals surface area contributed by atoms with Gasteiger partial charge >= 0.3 is 0 Å². The zero-order chi connectivity index (χ0) is 14.9. The Balaban J connectivity index is 0. The van der Waals surface area contributed by atoms with Crippen LogP contribution in [0.2, 0.25) is 0 Å². The average Bonchev–Trinajstić information content (AvgIpc) is 2.43. The molecule has 0 heterocycles. The largest absolute Gasteiger partial charge is 0.344 e. The summed E-state index contributed by atoms with van der Waals surface area (Å²) >= 11 is 0. The van der Waals surface area contributed by atoms with Gasteiger partial charge in [0.2, 0.25) is 0 Å². The molecule has 0 spiro atoms. The maximum atomic E-state index is 10.8. The summed E-state index contributed by atoms with van der Waals surface area (Å²) in [6.45, 7) is 3.98. The van der Waals surface area contributed by atoms with Crippen LogP contribution < -0.4 is 6.15 Å². The van der Waals surface area contributed by atoms with Gasteiger partial charge in [0.25, 0.3) is 0 Å². The van der Waals surface area contributed by atoms with Gasteiger partial charge in [-0.2, -0.15) is 0 Å². The van der Waals surface area contributed by atoms with E-state index in [0.29, 0.717) is 5.78 Å². The monoisotopic (exact) mass is 299 g/mol. The van der Waals surface area contributed by atoms with Gasteiger partial charge in [-0.05, 0) is 13.3 Å². The predicted molar refractivity (Wildman–Crippen MR) is 95.2 cm³/mol. The lowest BCUT2D eigenvalue weighted by atomic mass is 10.0. The Labute approximate surface area is 134 Å². The summed E-state index contributed by atoms with van der Waals surface area (Å²) in [7, 11) is 0. The quantitative estimate of drug-likeness (QED) is 0.312. The molecule has 21 heavy (non-hydrogen) atoms. The van der Waals surface area contributed by atoms with Crippen molar-refractivity contribution in [3.63, 3.8) is 0 Å². The Kier molecular flexibility index (Phi) is 21.4. The first-order chi connectivity index (χ1) is 9.77. The van der Waals surface area contributed by atoms with Crippen LogP contribution in [0.15, 0.2) is 0 Å². The first-order valence-corrected chi connectivity index (χ1v) is 9.26. The molecule has 0 unspecified atom stereocenters. The number of carbonyl (C=O) groups excluding carboxylic acids is 1. The van der Waals surface area contributed by atoms with Crippen molar-refractivity contribution in [3.05, 3.63) is 0 Å². The topological polar surface area (TPSA) is 52.1 Å². The summed E-state index contributed by atoms with van der Waals surface area (Å²) in [5.74, 6) is 0.347. The lowest BCUT2D eigenvalue weighted by Crippen LogP contribution is -1.89. The Morgan fingerprint density at radius 1 is 0.571 bits per heavy atom. The minimum atomic E-state index is 0. The number of rotatable bonds is 16. The molecule has 0 aromatic heterocycles. The van der Waals surface area contributed by atoms with E-state index in [4.69, 9.17) is 0 Å². The van der Waals surface area contributed by atoms with Crippen LogP contribution in [0.4, 0.5) is 0 Å². The van der Waals surface area contributed by atoms with Crippen molar-refractivity contribution < 1.29 is 4.79 Å². The molecule has 128 valence electrons. The molecule has 0 aromatic rings. The van der Waals surface area contributed by atoms with Gasteiger partial charge in [0.15, 0.2) is 0 Å². The normalized spacial score (nSPS) is 10.4. The second-order valence-corrected chi connectivity index (χ2v) is 6.40. The molecule has 0 rings (SSSR count). The number of hydrogen-bond donors (Lipinski definition) is 1. The van der Waals surface area contributed by atoms with Gasteiger partial charge in [-0.15, -0.1) is 0 Å². The number of ketones is 1. The maximum Gasteiger partial charge on any atom is 0.129 e. The van der Waals surface area contributed by atoms with Crippen molar-refractivity contribution in [3.8, 4) is 0 Å². The molecule has 0 aliphatic carbocycles. The second-order valence-electron chi connectivity index (χ2n) is 6.40. The minimum absolute atomic E-state index is 0. The second kappa shape index (κ2) is 19.6.